The number of amides is 1. The van der Waals surface area contributed by atoms with Gasteiger partial charge in [0.05, 0.1) is 29.4 Å². The van der Waals surface area contributed by atoms with Crippen LogP contribution in [0, 0.1) is 0 Å². The summed E-state index contributed by atoms with van der Waals surface area (Å²) in [6.45, 7) is 0.782. The lowest BCUT2D eigenvalue weighted by Crippen LogP contribution is -2.46. The lowest BCUT2D eigenvalue weighted by molar-refractivity contribution is -0.123. The maximum Gasteiger partial charge on any atom is 0.258 e. The highest BCUT2D eigenvalue weighted by molar-refractivity contribution is 7.98. The van der Waals surface area contributed by atoms with Gasteiger partial charge in [-0.15, -0.1) is 5.10 Å². The summed E-state index contributed by atoms with van der Waals surface area (Å²) in [4.78, 5) is 42.3. The average molecular weight is 665 g/mol. The lowest BCUT2D eigenvalue weighted by Gasteiger charge is -2.30. The normalized spacial score (nSPS) is 14.6. The minimum Gasteiger partial charge on any atom is -0.343 e. The number of nitrogens with zero attached hydrogens (tertiary/aromatic N) is 8. The number of hydrogen-bond acceptors (Lipinski definition) is 10. The third-order valence-corrected chi connectivity index (χ3v) is 9.54. The Labute approximate surface area is 280 Å². The molecule has 0 unspecified atom stereocenters. The molecule has 1 aliphatic carbocycles. The van der Waals surface area contributed by atoms with E-state index in [2.05, 4.69) is 35.7 Å². The topological polar surface area (TPSA) is 162 Å². The Morgan fingerprint density at radius 1 is 1.00 bits per heavy atom. The van der Waals surface area contributed by atoms with Crippen LogP contribution in [0.5, 0.6) is 0 Å². The van der Waals surface area contributed by atoms with Gasteiger partial charge in [-0.05, 0) is 25.0 Å². The van der Waals surface area contributed by atoms with Crippen molar-refractivity contribution >= 4 is 28.6 Å². The summed E-state index contributed by atoms with van der Waals surface area (Å²) in [5, 5.41) is 16.9. The zero-order valence-electron chi connectivity index (χ0n) is 26.4. The van der Waals surface area contributed by atoms with Crippen molar-refractivity contribution in [3.63, 3.8) is 0 Å². The first-order chi connectivity index (χ1) is 23.5. The van der Waals surface area contributed by atoms with Crippen LogP contribution >= 0.6 is 11.8 Å². The van der Waals surface area contributed by atoms with Gasteiger partial charge in [-0.1, -0.05) is 78.5 Å². The van der Waals surface area contributed by atoms with E-state index in [1.54, 1.807) is 28.7 Å². The minimum atomic E-state index is -0.687. The quantitative estimate of drug-likeness (QED) is 0.137. The molecule has 13 nitrogen and oxygen atoms in total. The summed E-state index contributed by atoms with van der Waals surface area (Å²) in [6.07, 6.45) is 11.5. The Hall–Kier alpha value is -5.11. The third-order valence-electron chi connectivity index (χ3n) is 8.57. The monoisotopic (exact) mass is 664 g/mol. The van der Waals surface area contributed by atoms with E-state index >= 15 is 0 Å². The molecule has 1 saturated carbocycles. The molecule has 0 saturated heterocycles. The fourth-order valence-corrected chi connectivity index (χ4v) is 7.01. The number of H-pyrrole nitrogens is 1. The second-order valence-corrected chi connectivity index (χ2v) is 13.1. The van der Waals surface area contributed by atoms with Crippen LogP contribution in [0.25, 0.3) is 22.3 Å². The van der Waals surface area contributed by atoms with E-state index in [1.807, 2.05) is 65.5 Å². The van der Waals surface area contributed by atoms with Crippen LogP contribution < -0.4 is 10.9 Å². The third kappa shape index (κ3) is 7.23. The Bertz CT molecular complexity index is 2040. The first kappa shape index (κ1) is 31.5. The number of hydrogen-bond donors (Lipinski definition) is 2. The minimum absolute atomic E-state index is 0.0639. The number of benzene rings is 2. The molecule has 7 rings (SSSR count). The average Bonchev–Trinajstić information content (AvgIpc) is 3.84. The summed E-state index contributed by atoms with van der Waals surface area (Å²) in [6, 6.07) is 17.3. The van der Waals surface area contributed by atoms with E-state index in [0.29, 0.717) is 52.9 Å². The first-order valence-electron chi connectivity index (χ1n) is 16.2. The number of imidazole rings is 1. The van der Waals surface area contributed by atoms with Crippen LogP contribution in [0.1, 0.15) is 68.2 Å². The Morgan fingerprint density at radius 3 is 2.67 bits per heavy atom. The number of rotatable bonds is 12. The van der Waals surface area contributed by atoms with Gasteiger partial charge in [0.1, 0.15) is 29.4 Å². The van der Waals surface area contributed by atoms with Gasteiger partial charge < -0.3 is 19.4 Å². The van der Waals surface area contributed by atoms with Crippen molar-refractivity contribution < 1.29 is 9.32 Å². The molecule has 0 aliphatic heterocycles. The van der Waals surface area contributed by atoms with E-state index < -0.39 is 5.54 Å². The molecule has 246 valence electrons. The molecule has 6 aromatic rings. The van der Waals surface area contributed by atoms with Crippen molar-refractivity contribution in [2.75, 3.05) is 5.75 Å². The highest BCUT2D eigenvalue weighted by atomic mass is 32.2. The molecule has 1 amide bonds. The second kappa shape index (κ2) is 14.3. The molecule has 48 heavy (non-hydrogen) atoms. The molecule has 14 heteroatoms. The largest absolute Gasteiger partial charge is 0.343 e. The van der Waals surface area contributed by atoms with E-state index in [0.717, 1.165) is 55.6 Å². The molecule has 0 spiro atoms. The molecule has 1 aliphatic rings. The zero-order valence-corrected chi connectivity index (χ0v) is 27.2. The molecule has 0 atom stereocenters. The summed E-state index contributed by atoms with van der Waals surface area (Å²) >= 11 is 1.56. The van der Waals surface area contributed by atoms with Crippen molar-refractivity contribution in [3.8, 4) is 11.4 Å². The summed E-state index contributed by atoms with van der Waals surface area (Å²) < 4.78 is 9.41. The number of carbonyl (C=O) groups excluding carboxylic acids is 1. The molecule has 0 bridgehead atoms. The number of carbonyl (C=O) groups is 1. The number of fused-ring (bicyclic) bond motifs is 1. The van der Waals surface area contributed by atoms with Gasteiger partial charge in [0.25, 0.3) is 5.56 Å². The van der Waals surface area contributed by atoms with Gasteiger partial charge in [-0.25, -0.2) is 14.6 Å². The van der Waals surface area contributed by atoms with Crippen LogP contribution in [-0.2, 0) is 29.2 Å². The van der Waals surface area contributed by atoms with Gasteiger partial charge in [0, 0.05) is 30.1 Å². The van der Waals surface area contributed by atoms with Crippen LogP contribution in [-0.4, -0.2) is 56.3 Å². The molecule has 1 fully saturated rings. The van der Waals surface area contributed by atoms with E-state index in [4.69, 9.17) is 9.51 Å². The van der Waals surface area contributed by atoms with E-state index in [1.165, 1.54) is 0 Å². The number of para-hydroxylation sites is 1. The summed E-state index contributed by atoms with van der Waals surface area (Å²) in [7, 11) is 0. The molecule has 0 radical (unpaired) electrons. The molecule has 2 aromatic carbocycles. The second-order valence-electron chi connectivity index (χ2n) is 12.0. The van der Waals surface area contributed by atoms with Gasteiger partial charge in [0.15, 0.2) is 5.82 Å². The first-order valence-corrected chi connectivity index (χ1v) is 17.4. The smallest absolute Gasteiger partial charge is 0.258 e. The van der Waals surface area contributed by atoms with E-state index in [-0.39, 0.29) is 18.0 Å². The van der Waals surface area contributed by atoms with Gasteiger partial charge >= 0.3 is 0 Å². The van der Waals surface area contributed by atoms with Crippen LogP contribution in [0.2, 0.25) is 0 Å². The number of aromatic nitrogens is 9. The van der Waals surface area contributed by atoms with Gasteiger partial charge in [0.2, 0.25) is 11.8 Å². The van der Waals surface area contributed by atoms with Crippen LogP contribution in [0.15, 0.2) is 82.5 Å². The summed E-state index contributed by atoms with van der Waals surface area (Å²) in [5.41, 5.74) is 1.63. The summed E-state index contributed by atoms with van der Waals surface area (Å²) in [5.74, 6) is 3.39. The highest BCUT2D eigenvalue weighted by Crippen LogP contribution is 2.35. The highest BCUT2D eigenvalue weighted by Gasteiger charge is 2.39. The van der Waals surface area contributed by atoms with Crippen molar-refractivity contribution in [1.29, 1.82) is 0 Å². The van der Waals surface area contributed by atoms with Crippen molar-refractivity contribution in [2.24, 2.45) is 0 Å². The van der Waals surface area contributed by atoms with Gasteiger partial charge in [-0.3, -0.25) is 9.59 Å². The maximum absolute atomic E-state index is 13.3. The maximum atomic E-state index is 13.3. The molecule has 4 aromatic heterocycles. The lowest BCUT2D eigenvalue weighted by atomic mass is 9.89. The predicted molar refractivity (Wildman–Crippen MR) is 181 cm³/mol. The fraction of sp³-hybridized carbons (Fsp3) is 0.353. The number of aromatic amines is 1. The van der Waals surface area contributed by atoms with Crippen LogP contribution in [0.3, 0.4) is 0 Å². The zero-order chi connectivity index (χ0) is 32.8. The Balaban J connectivity index is 0.970. The SMILES string of the molecule is O=C(CCSCc1nc2ccccc2c(=O)[nH]1)NC1(c2noc(Cn3cc(Cn4ccnc4-c4ccccc4)nn3)n2)CCCCCC1. The van der Waals surface area contributed by atoms with Crippen molar-refractivity contribution in [3.05, 3.63) is 107 Å². The fourth-order valence-electron chi connectivity index (χ4n) is 6.20. The molecule has 2 N–H and O–H groups in total. The molecular weight excluding hydrogens is 629 g/mol. The molecular formula is C34H36N10O3S. The van der Waals surface area contributed by atoms with Crippen molar-refractivity contribution in [1.82, 2.24) is 50.0 Å². The standard InChI is InChI=1S/C34H36N10O3S/c45-29(14-19-48-23-28-36-27-13-7-6-12-26(27)32(46)37-28)39-34(15-8-1-2-9-16-34)33-38-30(47-41-33)22-44-21-25(40-42-44)20-43-18-17-35-31(43)24-10-4-3-5-11-24/h3-7,10-13,17-18,21H,1-2,8-9,14-16,19-20,22-23H2,(H,39,45)(H,36,37,46). The number of nitrogens with one attached hydrogen (secondary N) is 2. The number of thioether (sulfide) groups is 1. The Kier molecular flexibility index (Phi) is 9.41. The predicted octanol–water partition coefficient (Wildman–Crippen LogP) is 4.85. The van der Waals surface area contributed by atoms with Crippen molar-refractivity contribution in [2.45, 2.75) is 69.3 Å². The van der Waals surface area contributed by atoms with Crippen LogP contribution in [0.4, 0.5) is 0 Å². The molecule has 4 heterocycles. The van der Waals surface area contributed by atoms with E-state index in [9.17, 15) is 9.59 Å². The van der Waals surface area contributed by atoms with Gasteiger partial charge in [-0.2, -0.15) is 16.7 Å². The Morgan fingerprint density at radius 2 is 1.81 bits per heavy atom.